The van der Waals surface area contributed by atoms with E-state index in [2.05, 4.69) is 5.32 Å². The van der Waals surface area contributed by atoms with Gasteiger partial charge in [0.05, 0.1) is 11.8 Å². The molecule has 1 N–H and O–H groups in total. The lowest BCUT2D eigenvalue weighted by Gasteiger charge is -2.11. The standard InChI is InChI=1S/C10H11NO4/c1-6(2)15-10(14)11-8-5-7(12)3-4-9(8)13/h3-6H,1-2H3,(H,11,14). The van der Waals surface area contributed by atoms with E-state index in [-0.39, 0.29) is 17.6 Å². The molecule has 0 saturated heterocycles. The highest BCUT2D eigenvalue weighted by Crippen LogP contribution is 2.02. The fraction of sp³-hybridized carbons (Fsp3) is 0.300. The minimum absolute atomic E-state index is 0.0619. The maximum atomic E-state index is 11.2. The topological polar surface area (TPSA) is 72.5 Å². The molecule has 0 saturated carbocycles. The van der Waals surface area contributed by atoms with E-state index in [4.69, 9.17) is 4.74 Å². The number of hydrogen-bond donors (Lipinski definition) is 1. The summed E-state index contributed by atoms with van der Waals surface area (Å²) >= 11 is 0. The summed E-state index contributed by atoms with van der Waals surface area (Å²) in [6.45, 7) is 3.36. The summed E-state index contributed by atoms with van der Waals surface area (Å²) in [6.07, 6.45) is 2.28. The third-order valence-corrected chi connectivity index (χ3v) is 1.53. The zero-order chi connectivity index (χ0) is 11.4. The normalized spacial score (nSPS) is 15.3. The quantitative estimate of drug-likeness (QED) is 0.680. The summed E-state index contributed by atoms with van der Waals surface area (Å²) in [5.74, 6) is -0.759. The summed E-state index contributed by atoms with van der Waals surface area (Å²) < 4.78 is 4.76. The SMILES string of the molecule is CC(C)OC(=O)NC1=CC(=O)C=CC1=O. The zero-order valence-electron chi connectivity index (χ0n) is 8.44. The zero-order valence-corrected chi connectivity index (χ0v) is 8.44. The Balaban J connectivity index is 2.62. The number of rotatable bonds is 2. The smallest absolute Gasteiger partial charge is 0.411 e. The summed E-state index contributed by atoms with van der Waals surface area (Å²) in [5, 5.41) is 2.21. The molecule has 5 heteroatoms. The second-order valence-electron chi connectivity index (χ2n) is 3.24. The van der Waals surface area contributed by atoms with Crippen LogP contribution in [0.1, 0.15) is 13.8 Å². The van der Waals surface area contributed by atoms with Gasteiger partial charge >= 0.3 is 6.09 Å². The fourth-order valence-corrected chi connectivity index (χ4v) is 0.960. The van der Waals surface area contributed by atoms with Crippen LogP contribution in [0.4, 0.5) is 4.79 Å². The van der Waals surface area contributed by atoms with Crippen molar-refractivity contribution in [2.75, 3.05) is 0 Å². The van der Waals surface area contributed by atoms with E-state index in [0.29, 0.717) is 0 Å². The third-order valence-electron chi connectivity index (χ3n) is 1.53. The highest BCUT2D eigenvalue weighted by atomic mass is 16.6. The van der Waals surface area contributed by atoms with Crippen LogP contribution in [0.5, 0.6) is 0 Å². The van der Waals surface area contributed by atoms with E-state index in [1.807, 2.05) is 0 Å². The summed E-state index contributed by atoms with van der Waals surface area (Å²) in [6, 6.07) is 0. The maximum absolute atomic E-state index is 11.2. The fourth-order valence-electron chi connectivity index (χ4n) is 0.960. The van der Waals surface area contributed by atoms with E-state index in [9.17, 15) is 14.4 Å². The number of amides is 1. The Morgan fingerprint density at radius 2 is 2.00 bits per heavy atom. The number of allylic oxidation sites excluding steroid dienone is 3. The summed E-state index contributed by atoms with van der Waals surface area (Å²) in [7, 11) is 0. The predicted molar refractivity (Wildman–Crippen MR) is 52.0 cm³/mol. The molecule has 0 aromatic carbocycles. The van der Waals surface area contributed by atoms with E-state index in [0.717, 1.165) is 18.2 Å². The van der Waals surface area contributed by atoms with Crippen LogP contribution >= 0.6 is 0 Å². The molecule has 0 aliphatic heterocycles. The minimum Gasteiger partial charge on any atom is -0.447 e. The largest absolute Gasteiger partial charge is 0.447 e. The van der Waals surface area contributed by atoms with Crippen molar-refractivity contribution >= 4 is 17.7 Å². The number of hydrogen-bond acceptors (Lipinski definition) is 4. The number of ether oxygens (including phenoxy) is 1. The van der Waals surface area contributed by atoms with Crippen molar-refractivity contribution in [3.8, 4) is 0 Å². The van der Waals surface area contributed by atoms with Crippen molar-refractivity contribution in [2.24, 2.45) is 0 Å². The molecule has 0 unspecified atom stereocenters. The minimum atomic E-state index is -0.743. The Morgan fingerprint density at radius 1 is 1.33 bits per heavy atom. The molecule has 1 rings (SSSR count). The first-order chi connectivity index (χ1) is 6.99. The van der Waals surface area contributed by atoms with Gasteiger partial charge in [-0.05, 0) is 26.0 Å². The summed E-state index contributed by atoms with van der Waals surface area (Å²) in [5.41, 5.74) is -0.0619. The van der Waals surface area contributed by atoms with Crippen LogP contribution in [0.2, 0.25) is 0 Å². The van der Waals surface area contributed by atoms with Crippen molar-refractivity contribution in [1.82, 2.24) is 5.32 Å². The van der Waals surface area contributed by atoms with Gasteiger partial charge in [-0.2, -0.15) is 0 Å². The van der Waals surface area contributed by atoms with Crippen LogP contribution in [0.3, 0.4) is 0 Å². The average Bonchev–Trinajstić information content (AvgIpc) is 2.10. The lowest BCUT2D eigenvalue weighted by molar-refractivity contribution is -0.114. The van der Waals surface area contributed by atoms with Crippen molar-refractivity contribution in [1.29, 1.82) is 0 Å². The molecule has 0 fully saturated rings. The number of alkyl carbamates (subject to hydrolysis) is 1. The first-order valence-electron chi connectivity index (χ1n) is 4.44. The molecule has 1 amide bonds. The van der Waals surface area contributed by atoms with E-state index in [1.165, 1.54) is 0 Å². The van der Waals surface area contributed by atoms with Gasteiger partial charge in [-0.3, -0.25) is 14.9 Å². The van der Waals surface area contributed by atoms with Crippen molar-refractivity contribution in [2.45, 2.75) is 20.0 Å². The maximum Gasteiger partial charge on any atom is 0.411 e. The van der Waals surface area contributed by atoms with E-state index < -0.39 is 11.9 Å². The predicted octanol–water partition coefficient (Wildman–Crippen LogP) is 0.713. The van der Waals surface area contributed by atoms with Gasteiger partial charge in [0.15, 0.2) is 5.78 Å². The van der Waals surface area contributed by atoms with Crippen LogP contribution in [-0.4, -0.2) is 23.8 Å². The Kier molecular flexibility index (Phi) is 3.38. The molecule has 0 aromatic rings. The molecule has 0 radical (unpaired) electrons. The van der Waals surface area contributed by atoms with Gasteiger partial charge in [-0.15, -0.1) is 0 Å². The highest BCUT2D eigenvalue weighted by Gasteiger charge is 2.16. The lowest BCUT2D eigenvalue weighted by Crippen LogP contribution is -2.30. The van der Waals surface area contributed by atoms with Crippen molar-refractivity contribution in [3.05, 3.63) is 23.9 Å². The van der Waals surface area contributed by atoms with Gasteiger partial charge in [0, 0.05) is 6.08 Å². The molecule has 80 valence electrons. The van der Waals surface area contributed by atoms with Crippen LogP contribution in [0.15, 0.2) is 23.9 Å². The Morgan fingerprint density at radius 3 is 2.60 bits per heavy atom. The molecule has 5 nitrogen and oxygen atoms in total. The molecule has 0 spiro atoms. The molecule has 1 aliphatic carbocycles. The van der Waals surface area contributed by atoms with Crippen molar-refractivity contribution < 1.29 is 19.1 Å². The van der Waals surface area contributed by atoms with Gasteiger partial charge < -0.3 is 4.74 Å². The highest BCUT2D eigenvalue weighted by molar-refractivity contribution is 6.17. The average molecular weight is 209 g/mol. The van der Waals surface area contributed by atoms with Gasteiger partial charge in [-0.1, -0.05) is 0 Å². The Bertz CT molecular complexity index is 366. The monoisotopic (exact) mass is 209 g/mol. The molecule has 15 heavy (non-hydrogen) atoms. The molecular formula is C10H11NO4. The molecule has 0 aromatic heterocycles. The molecule has 1 aliphatic rings. The Labute approximate surface area is 86.8 Å². The molecule has 0 atom stereocenters. The second kappa shape index (κ2) is 4.54. The van der Waals surface area contributed by atoms with Gasteiger partial charge in [0.1, 0.15) is 0 Å². The molecular weight excluding hydrogens is 198 g/mol. The summed E-state index contributed by atoms with van der Waals surface area (Å²) in [4.78, 5) is 33.2. The first-order valence-corrected chi connectivity index (χ1v) is 4.44. The lowest BCUT2D eigenvalue weighted by atomic mass is 10.1. The van der Waals surface area contributed by atoms with Crippen LogP contribution in [0, 0.1) is 0 Å². The number of nitrogens with one attached hydrogen (secondary N) is 1. The third kappa shape index (κ3) is 3.38. The first kappa shape index (κ1) is 11.2. The Hall–Kier alpha value is -1.91. The van der Waals surface area contributed by atoms with Gasteiger partial charge in [0.2, 0.25) is 5.78 Å². The van der Waals surface area contributed by atoms with E-state index in [1.54, 1.807) is 13.8 Å². The molecule has 0 bridgehead atoms. The van der Waals surface area contributed by atoms with Crippen LogP contribution in [-0.2, 0) is 14.3 Å². The number of carbonyl (C=O) groups excluding carboxylic acids is 3. The van der Waals surface area contributed by atoms with Crippen LogP contribution < -0.4 is 5.32 Å². The van der Waals surface area contributed by atoms with Gasteiger partial charge in [-0.25, -0.2) is 4.79 Å². The number of carbonyl (C=O) groups is 3. The molecule has 0 heterocycles. The van der Waals surface area contributed by atoms with Gasteiger partial charge in [0.25, 0.3) is 0 Å². The van der Waals surface area contributed by atoms with E-state index >= 15 is 0 Å². The van der Waals surface area contributed by atoms with Crippen molar-refractivity contribution in [3.63, 3.8) is 0 Å². The number of ketones is 2. The second-order valence-corrected chi connectivity index (χ2v) is 3.24. The van der Waals surface area contributed by atoms with Crippen LogP contribution in [0.25, 0.3) is 0 Å².